The maximum absolute atomic E-state index is 12.1. The molecular weight excluding hydrogens is 200 g/mol. The van der Waals surface area contributed by atoms with Crippen LogP contribution in [0, 0.1) is 5.92 Å². The zero-order chi connectivity index (χ0) is 11.4. The highest BCUT2D eigenvalue weighted by Gasteiger charge is 2.27. The van der Waals surface area contributed by atoms with Gasteiger partial charge in [0.1, 0.15) is 0 Å². The molecule has 1 atom stereocenters. The molecule has 2 fully saturated rings. The van der Waals surface area contributed by atoms with E-state index in [4.69, 9.17) is 0 Å². The summed E-state index contributed by atoms with van der Waals surface area (Å²) in [5.41, 5.74) is 0. The average molecular weight is 224 g/mol. The largest absolute Gasteiger partial charge is 0.342 e. The third kappa shape index (κ3) is 3.48. The summed E-state index contributed by atoms with van der Waals surface area (Å²) in [4.78, 5) is 14.2. The van der Waals surface area contributed by atoms with E-state index >= 15 is 0 Å². The summed E-state index contributed by atoms with van der Waals surface area (Å²) < 4.78 is 0. The first-order valence-electron chi connectivity index (χ1n) is 6.80. The van der Waals surface area contributed by atoms with E-state index in [-0.39, 0.29) is 0 Å². The predicted molar refractivity (Wildman–Crippen MR) is 65.2 cm³/mol. The fraction of sp³-hybridized carbons (Fsp3) is 0.923. The highest BCUT2D eigenvalue weighted by Crippen LogP contribution is 2.30. The Morgan fingerprint density at radius 3 is 2.75 bits per heavy atom. The maximum Gasteiger partial charge on any atom is 0.224 e. The molecule has 2 aliphatic rings. The molecular formula is C13H24N2O. The molecule has 92 valence electrons. The van der Waals surface area contributed by atoms with Gasteiger partial charge in [0.15, 0.2) is 0 Å². The standard InChI is InChI=1S/C13H24N2O/c1-2-8-15(10-11-5-6-11)13(16)9-12-4-3-7-14-12/h11-12,14H,2-10H2,1H3. The molecule has 3 heteroatoms. The first kappa shape index (κ1) is 11.9. The van der Waals surface area contributed by atoms with Crippen molar-refractivity contribution < 1.29 is 4.79 Å². The second-order valence-corrected chi connectivity index (χ2v) is 5.28. The number of amides is 1. The molecule has 1 unspecified atom stereocenters. The highest BCUT2D eigenvalue weighted by molar-refractivity contribution is 5.76. The van der Waals surface area contributed by atoms with Gasteiger partial charge in [0.05, 0.1) is 0 Å². The number of carbonyl (C=O) groups is 1. The van der Waals surface area contributed by atoms with E-state index in [2.05, 4.69) is 17.1 Å². The Morgan fingerprint density at radius 2 is 2.19 bits per heavy atom. The molecule has 1 aliphatic heterocycles. The molecule has 2 rings (SSSR count). The first-order valence-corrected chi connectivity index (χ1v) is 6.80. The molecule has 1 saturated carbocycles. The molecule has 1 heterocycles. The van der Waals surface area contributed by atoms with Crippen molar-refractivity contribution in [1.82, 2.24) is 10.2 Å². The van der Waals surface area contributed by atoms with Gasteiger partial charge in [-0.3, -0.25) is 4.79 Å². The second-order valence-electron chi connectivity index (χ2n) is 5.28. The third-order valence-corrected chi connectivity index (χ3v) is 3.61. The lowest BCUT2D eigenvalue weighted by molar-refractivity contribution is -0.132. The molecule has 16 heavy (non-hydrogen) atoms. The zero-order valence-electron chi connectivity index (χ0n) is 10.4. The van der Waals surface area contributed by atoms with Crippen LogP contribution >= 0.6 is 0 Å². The van der Waals surface area contributed by atoms with Crippen LogP contribution < -0.4 is 5.32 Å². The lowest BCUT2D eigenvalue weighted by atomic mass is 10.1. The summed E-state index contributed by atoms with van der Waals surface area (Å²) in [5, 5.41) is 3.41. The summed E-state index contributed by atoms with van der Waals surface area (Å²) >= 11 is 0. The van der Waals surface area contributed by atoms with E-state index in [1.165, 1.54) is 25.7 Å². The quantitative estimate of drug-likeness (QED) is 0.746. The third-order valence-electron chi connectivity index (χ3n) is 3.61. The van der Waals surface area contributed by atoms with Crippen molar-refractivity contribution in [2.75, 3.05) is 19.6 Å². The van der Waals surface area contributed by atoms with E-state index in [1.807, 2.05) is 0 Å². The fourth-order valence-electron chi connectivity index (χ4n) is 2.47. The van der Waals surface area contributed by atoms with Crippen LogP contribution in [0.25, 0.3) is 0 Å². The van der Waals surface area contributed by atoms with Gasteiger partial charge in [-0.05, 0) is 44.6 Å². The van der Waals surface area contributed by atoms with Crippen molar-refractivity contribution in [2.45, 2.75) is 51.5 Å². The Labute approximate surface area is 98.6 Å². The zero-order valence-corrected chi connectivity index (χ0v) is 10.4. The van der Waals surface area contributed by atoms with Gasteiger partial charge in [-0.15, -0.1) is 0 Å². The number of hydrogen-bond acceptors (Lipinski definition) is 2. The number of rotatable bonds is 6. The van der Waals surface area contributed by atoms with Gasteiger partial charge in [-0.1, -0.05) is 6.92 Å². The summed E-state index contributed by atoms with van der Waals surface area (Å²) in [6.07, 6.45) is 6.86. The van der Waals surface area contributed by atoms with Crippen molar-refractivity contribution >= 4 is 5.91 Å². The molecule has 1 aliphatic carbocycles. The minimum atomic E-state index is 0.369. The molecule has 0 aromatic heterocycles. The maximum atomic E-state index is 12.1. The van der Waals surface area contributed by atoms with Crippen LogP contribution in [0.1, 0.15) is 45.4 Å². The minimum Gasteiger partial charge on any atom is -0.342 e. The van der Waals surface area contributed by atoms with Crippen LogP contribution in [-0.2, 0) is 4.79 Å². The summed E-state index contributed by atoms with van der Waals surface area (Å²) in [6, 6.07) is 0.450. The van der Waals surface area contributed by atoms with Gasteiger partial charge in [0.25, 0.3) is 0 Å². The predicted octanol–water partition coefficient (Wildman–Crippen LogP) is 1.78. The van der Waals surface area contributed by atoms with Crippen LogP contribution in [0.15, 0.2) is 0 Å². The summed E-state index contributed by atoms with van der Waals surface area (Å²) in [6.45, 7) is 5.21. The van der Waals surface area contributed by atoms with Gasteiger partial charge in [-0.25, -0.2) is 0 Å². The molecule has 3 nitrogen and oxygen atoms in total. The number of nitrogens with one attached hydrogen (secondary N) is 1. The first-order chi connectivity index (χ1) is 7.79. The lowest BCUT2D eigenvalue weighted by Gasteiger charge is -2.23. The van der Waals surface area contributed by atoms with E-state index in [0.29, 0.717) is 18.4 Å². The van der Waals surface area contributed by atoms with E-state index in [1.54, 1.807) is 0 Å². The van der Waals surface area contributed by atoms with Crippen LogP contribution in [0.2, 0.25) is 0 Å². The van der Waals surface area contributed by atoms with Crippen molar-refractivity contribution in [3.8, 4) is 0 Å². The SMILES string of the molecule is CCCN(CC1CC1)C(=O)CC1CCCN1. The van der Waals surface area contributed by atoms with Gasteiger partial charge in [-0.2, -0.15) is 0 Å². The lowest BCUT2D eigenvalue weighted by Crippen LogP contribution is -2.37. The Bertz CT molecular complexity index is 232. The second kappa shape index (κ2) is 5.67. The van der Waals surface area contributed by atoms with E-state index in [0.717, 1.165) is 32.0 Å². The fourth-order valence-corrected chi connectivity index (χ4v) is 2.47. The molecule has 1 amide bonds. The molecule has 0 spiro atoms. The van der Waals surface area contributed by atoms with Crippen molar-refractivity contribution in [3.05, 3.63) is 0 Å². The minimum absolute atomic E-state index is 0.369. The monoisotopic (exact) mass is 224 g/mol. The molecule has 1 saturated heterocycles. The Balaban J connectivity index is 1.77. The number of hydrogen-bond donors (Lipinski definition) is 1. The van der Waals surface area contributed by atoms with E-state index in [9.17, 15) is 4.79 Å². The van der Waals surface area contributed by atoms with Crippen molar-refractivity contribution in [3.63, 3.8) is 0 Å². The van der Waals surface area contributed by atoms with Gasteiger partial charge >= 0.3 is 0 Å². The highest BCUT2D eigenvalue weighted by atomic mass is 16.2. The van der Waals surface area contributed by atoms with Crippen molar-refractivity contribution in [1.29, 1.82) is 0 Å². The van der Waals surface area contributed by atoms with E-state index < -0.39 is 0 Å². The van der Waals surface area contributed by atoms with Crippen LogP contribution in [0.3, 0.4) is 0 Å². The molecule has 0 aromatic rings. The summed E-state index contributed by atoms with van der Waals surface area (Å²) in [5.74, 6) is 1.18. The Hall–Kier alpha value is -0.570. The Kier molecular flexibility index (Phi) is 4.22. The van der Waals surface area contributed by atoms with Crippen LogP contribution in [0.5, 0.6) is 0 Å². The smallest absolute Gasteiger partial charge is 0.224 e. The summed E-state index contributed by atoms with van der Waals surface area (Å²) in [7, 11) is 0. The van der Waals surface area contributed by atoms with Gasteiger partial charge in [0, 0.05) is 25.6 Å². The molecule has 0 bridgehead atoms. The van der Waals surface area contributed by atoms with Crippen LogP contribution in [0.4, 0.5) is 0 Å². The molecule has 0 radical (unpaired) electrons. The average Bonchev–Trinajstić information content (AvgIpc) is 2.94. The Morgan fingerprint density at radius 1 is 1.38 bits per heavy atom. The molecule has 0 aromatic carbocycles. The number of carbonyl (C=O) groups excluding carboxylic acids is 1. The number of nitrogens with zero attached hydrogens (tertiary/aromatic N) is 1. The van der Waals surface area contributed by atoms with Crippen LogP contribution in [-0.4, -0.2) is 36.5 Å². The topological polar surface area (TPSA) is 32.3 Å². The van der Waals surface area contributed by atoms with Gasteiger partial charge < -0.3 is 10.2 Å². The normalized spacial score (nSPS) is 24.7. The van der Waals surface area contributed by atoms with Gasteiger partial charge in [0.2, 0.25) is 5.91 Å². The molecule has 1 N–H and O–H groups in total. The van der Waals surface area contributed by atoms with Crippen molar-refractivity contribution in [2.24, 2.45) is 5.92 Å².